The molecule has 36 heavy (non-hydrogen) atoms. The highest BCUT2D eigenvalue weighted by molar-refractivity contribution is 14.1. The van der Waals surface area contributed by atoms with E-state index in [0.717, 1.165) is 6.33 Å². The Labute approximate surface area is 214 Å². The minimum absolute atomic E-state index is 0.167. The lowest BCUT2D eigenvalue weighted by Crippen LogP contribution is -2.33. The third kappa shape index (κ3) is 5.00. The molecule has 0 radical (unpaired) electrons. The molecule has 1 unspecified atom stereocenters. The molecule has 0 aliphatic carbocycles. The fourth-order valence-electron chi connectivity index (χ4n) is 3.86. The van der Waals surface area contributed by atoms with Crippen molar-refractivity contribution in [2.24, 2.45) is 0 Å². The first-order chi connectivity index (χ1) is 17.2. The molecule has 2 aliphatic rings. The van der Waals surface area contributed by atoms with Crippen LogP contribution in [0.3, 0.4) is 0 Å². The maximum atomic E-state index is 11.6. The van der Waals surface area contributed by atoms with Crippen LogP contribution in [-0.2, 0) is 9.47 Å². The van der Waals surface area contributed by atoms with Crippen LogP contribution in [0.25, 0.3) is 11.2 Å². The lowest BCUT2D eigenvalue weighted by atomic mass is 10.1. The molecular formula is C19H23IN6O10. The molecule has 2 fully saturated rings. The first kappa shape index (κ1) is 26.5. The van der Waals surface area contributed by atoms with E-state index in [0.29, 0.717) is 3.57 Å². The van der Waals surface area contributed by atoms with Gasteiger partial charge in [0.25, 0.3) is 5.56 Å². The standard InChI is InChI=1S/C10H12N4O5.C9H11IN2O5/c15-1-4-6(16)7(17)10(19-4)14-3-13-5-8(14)11-2-12-9(5)18;10-4-2-12(9(16)11-8(4)15)7-1-5(14)6(3-13)17-7/h2-4,6-7,10,15-17H,1H2,(H,11,12,18);2,5-7,13-14H,1,3H2,(H,11,15,16)/t4-,6-,7-,10-;5-,6+,7?/m10/s1. The molecule has 16 nitrogen and oxygen atoms in total. The number of aromatic hydroxyl groups is 1. The molecule has 196 valence electrons. The Hall–Kier alpha value is -2.52. The number of hydrogen-bond donors (Lipinski definition) is 7. The molecule has 3 aromatic rings. The molecule has 2 saturated heterocycles. The summed E-state index contributed by atoms with van der Waals surface area (Å²) in [6.07, 6.45) is -2.39. The number of nitrogens with zero attached hydrogens (tertiary/aromatic N) is 5. The molecule has 2 aliphatic heterocycles. The number of rotatable bonds is 4. The zero-order valence-electron chi connectivity index (χ0n) is 18.3. The summed E-state index contributed by atoms with van der Waals surface area (Å²) in [6.45, 7) is -0.728. The van der Waals surface area contributed by atoms with Crippen molar-refractivity contribution >= 4 is 33.8 Å². The third-order valence-corrected chi connectivity index (χ3v) is 6.52. The molecular weight excluding hydrogens is 599 g/mol. The molecule has 0 amide bonds. The largest absolute Gasteiger partial charge is 0.492 e. The second kappa shape index (κ2) is 10.8. The number of ether oxygens (including phenoxy) is 2. The van der Waals surface area contributed by atoms with Crippen molar-refractivity contribution in [2.75, 3.05) is 13.2 Å². The minimum Gasteiger partial charge on any atom is -0.492 e. The van der Waals surface area contributed by atoms with Gasteiger partial charge in [0.05, 0.1) is 29.2 Å². The van der Waals surface area contributed by atoms with Crippen LogP contribution in [0.5, 0.6) is 5.88 Å². The quantitative estimate of drug-likeness (QED) is 0.143. The number of H-pyrrole nitrogens is 1. The molecule has 17 heteroatoms. The Morgan fingerprint density at radius 3 is 2.39 bits per heavy atom. The van der Waals surface area contributed by atoms with Crippen molar-refractivity contribution in [3.63, 3.8) is 0 Å². The van der Waals surface area contributed by atoms with Gasteiger partial charge in [-0.15, -0.1) is 0 Å². The second-order valence-corrected chi connectivity index (χ2v) is 9.17. The van der Waals surface area contributed by atoms with Gasteiger partial charge in [0.1, 0.15) is 37.0 Å². The molecule has 0 bridgehead atoms. The van der Waals surface area contributed by atoms with Gasteiger partial charge in [-0.2, -0.15) is 4.98 Å². The average molecular weight is 622 g/mol. The highest BCUT2D eigenvalue weighted by atomic mass is 127. The van der Waals surface area contributed by atoms with Gasteiger partial charge in [-0.3, -0.25) is 18.9 Å². The summed E-state index contributed by atoms with van der Waals surface area (Å²) in [6, 6.07) is 0. The lowest BCUT2D eigenvalue weighted by molar-refractivity contribution is -0.0511. The summed E-state index contributed by atoms with van der Waals surface area (Å²) in [5.74, 6) is -0.282. The number of fused-ring (bicyclic) bond motifs is 1. The highest BCUT2D eigenvalue weighted by Crippen LogP contribution is 2.32. The zero-order chi connectivity index (χ0) is 26.1. The number of halogens is 1. The minimum atomic E-state index is -1.23. The predicted molar refractivity (Wildman–Crippen MR) is 126 cm³/mol. The average Bonchev–Trinajstić information content (AvgIpc) is 3.53. The molecule has 5 heterocycles. The Morgan fingerprint density at radius 1 is 1.03 bits per heavy atom. The van der Waals surface area contributed by atoms with E-state index in [4.69, 9.17) is 19.7 Å². The van der Waals surface area contributed by atoms with E-state index in [-0.39, 0.29) is 30.1 Å². The van der Waals surface area contributed by atoms with Crippen molar-refractivity contribution in [1.82, 2.24) is 29.1 Å². The van der Waals surface area contributed by atoms with Crippen molar-refractivity contribution in [2.45, 2.75) is 49.4 Å². The van der Waals surface area contributed by atoms with E-state index >= 15 is 0 Å². The second-order valence-electron chi connectivity index (χ2n) is 8.01. The van der Waals surface area contributed by atoms with Gasteiger partial charge in [-0.1, -0.05) is 0 Å². The van der Waals surface area contributed by atoms with Crippen LogP contribution in [0, 0.1) is 3.57 Å². The molecule has 3 aromatic heterocycles. The summed E-state index contributed by atoms with van der Waals surface area (Å²) in [5.41, 5.74) is -0.613. The summed E-state index contributed by atoms with van der Waals surface area (Å²) in [7, 11) is 0. The van der Waals surface area contributed by atoms with Crippen LogP contribution in [0.15, 0.2) is 28.4 Å². The van der Waals surface area contributed by atoms with Gasteiger partial charge in [0.2, 0.25) is 5.88 Å². The molecule has 0 spiro atoms. The zero-order valence-corrected chi connectivity index (χ0v) is 20.5. The van der Waals surface area contributed by atoms with Crippen molar-refractivity contribution in [3.05, 3.63) is 43.3 Å². The molecule has 5 rings (SSSR count). The molecule has 0 saturated carbocycles. The van der Waals surface area contributed by atoms with E-state index in [9.17, 15) is 30.0 Å². The topological polar surface area (TPSA) is 238 Å². The maximum absolute atomic E-state index is 11.6. The summed E-state index contributed by atoms with van der Waals surface area (Å²) >= 11 is 1.80. The fraction of sp³-hybridized carbons (Fsp3) is 0.526. The van der Waals surface area contributed by atoms with E-state index in [2.05, 4.69) is 19.9 Å². The van der Waals surface area contributed by atoms with E-state index in [1.807, 2.05) is 0 Å². The van der Waals surface area contributed by atoms with Crippen LogP contribution in [0.1, 0.15) is 18.9 Å². The van der Waals surface area contributed by atoms with Crippen LogP contribution < -0.4 is 11.2 Å². The number of nitrogens with one attached hydrogen (secondary N) is 1. The van der Waals surface area contributed by atoms with Gasteiger partial charge in [0.15, 0.2) is 17.4 Å². The first-order valence-corrected chi connectivity index (χ1v) is 11.7. The first-order valence-electron chi connectivity index (χ1n) is 10.6. The summed E-state index contributed by atoms with van der Waals surface area (Å²) < 4.78 is 13.6. The number of aromatic amines is 1. The van der Waals surface area contributed by atoms with Crippen LogP contribution >= 0.6 is 22.6 Å². The Kier molecular flexibility index (Phi) is 7.99. The number of aliphatic hydroxyl groups excluding tert-OH is 5. The molecule has 0 aromatic carbocycles. The maximum Gasteiger partial charge on any atom is 0.330 e. The monoisotopic (exact) mass is 622 g/mol. The van der Waals surface area contributed by atoms with Gasteiger partial charge in [-0.25, -0.2) is 14.8 Å². The van der Waals surface area contributed by atoms with Crippen LogP contribution in [-0.4, -0.2) is 103 Å². The third-order valence-electron chi connectivity index (χ3n) is 5.75. The molecule has 7 atom stereocenters. The van der Waals surface area contributed by atoms with Crippen molar-refractivity contribution < 1.29 is 40.1 Å². The van der Waals surface area contributed by atoms with Gasteiger partial charge in [0, 0.05) is 12.6 Å². The van der Waals surface area contributed by atoms with E-state index in [1.165, 1.54) is 21.7 Å². The summed E-state index contributed by atoms with van der Waals surface area (Å²) in [5, 5.41) is 56.7. The number of hydrogen-bond acceptors (Lipinski definition) is 13. The van der Waals surface area contributed by atoms with E-state index < -0.39 is 60.8 Å². The normalized spacial score (nSPS) is 29.9. The number of imidazole rings is 1. The fourth-order valence-corrected chi connectivity index (χ4v) is 4.30. The number of aliphatic hydroxyl groups is 5. The number of aromatic nitrogens is 6. The Bertz CT molecular complexity index is 1330. The van der Waals surface area contributed by atoms with Crippen molar-refractivity contribution in [3.8, 4) is 5.88 Å². The smallest absolute Gasteiger partial charge is 0.330 e. The Balaban J connectivity index is 0.000000170. The van der Waals surface area contributed by atoms with Gasteiger partial charge in [-0.05, 0) is 22.6 Å². The highest BCUT2D eigenvalue weighted by Gasteiger charge is 2.44. The lowest BCUT2D eigenvalue weighted by Gasteiger charge is -2.16. The van der Waals surface area contributed by atoms with Crippen LogP contribution in [0.4, 0.5) is 0 Å². The van der Waals surface area contributed by atoms with Crippen LogP contribution in [0.2, 0.25) is 0 Å². The van der Waals surface area contributed by atoms with Gasteiger partial charge < -0.3 is 40.1 Å². The van der Waals surface area contributed by atoms with Gasteiger partial charge >= 0.3 is 5.69 Å². The summed E-state index contributed by atoms with van der Waals surface area (Å²) in [4.78, 5) is 36.4. The predicted octanol–water partition coefficient (Wildman–Crippen LogP) is -3.07. The molecule has 7 N–H and O–H groups in total. The Morgan fingerprint density at radius 2 is 1.75 bits per heavy atom. The van der Waals surface area contributed by atoms with E-state index in [1.54, 1.807) is 22.6 Å². The SMILES string of the molecule is O=c1[nH]c(=O)n(C2C[C@H](O)[C@@H](CO)O2)cc1I.OC[C@H]1O[C@@H](n2cnc3c(O)ncnc32)[C@H](O)[C@@H]1O. The van der Waals surface area contributed by atoms with Crippen molar-refractivity contribution in [1.29, 1.82) is 0 Å².